The Morgan fingerprint density at radius 1 is 1.32 bits per heavy atom. The van der Waals surface area contributed by atoms with Gasteiger partial charge in [0.15, 0.2) is 0 Å². The highest BCUT2D eigenvalue weighted by atomic mass is 79.9. The number of amides is 1. The monoisotopic (exact) mass is 364 g/mol. The molecule has 4 heteroatoms. The third-order valence-electron chi connectivity index (χ3n) is 5.45. The van der Waals surface area contributed by atoms with Crippen LogP contribution < -0.4 is 11.1 Å². The average molecular weight is 365 g/mol. The summed E-state index contributed by atoms with van der Waals surface area (Å²) in [5.74, 6) is 1.34. The van der Waals surface area contributed by atoms with E-state index >= 15 is 0 Å². The lowest BCUT2D eigenvalue weighted by molar-refractivity contribution is -0.127. The van der Waals surface area contributed by atoms with Gasteiger partial charge in [-0.15, -0.1) is 0 Å². The molecule has 3 nitrogen and oxygen atoms in total. The van der Waals surface area contributed by atoms with Crippen molar-refractivity contribution in [1.82, 2.24) is 5.32 Å². The molecule has 1 amide bonds. The highest BCUT2D eigenvalue weighted by molar-refractivity contribution is 9.10. The predicted molar refractivity (Wildman–Crippen MR) is 92.4 cm³/mol. The Morgan fingerprint density at radius 3 is 2.64 bits per heavy atom. The fraction of sp³-hybridized carbons (Fsp3) is 0.611. The van der Waals surface area contributed by atoms with E-state index in [1.54, 1.807) is 0 Å². The summed E-state index contributed by atoms with van der Waals surface area (Å²) in [7, 11) is 0. The van der Waals surface area contributed by atoms with Crippen LogP contribution in [-0.2, 0) is 11.2 Å². The van der Waals surface area contributed by atoms with Crippen molar-refractivity contribution in [1.29, 1.82) is 0 Å². The largest absolute Gasteiger partial charge is 0.353 e. The highest BCUT2D eigenvalue weighted by Gasteiger charge is 2.49. The number of carbonyl (C=O) groups is 1. The van der Waals surface area contributed by atoms with Crippen molar-refractivity contribution in [3.05, 3.63) is 34.3 Å². The number of benzene rings is 1. The van der Waals surface area contributed by atoms with Gasteiger partial charge in [0.05, 0.1) is 5.92 Å². The van der Waals surface area contributed by atoms with Gasteiger partial charge in [0.25, 0.3) is 0 Å². The Hall–Kier alpha value is -0.870. The topological polar surface area (TPSA) is 55.1 Å². The van der Waals surface area contributed by atoms with Gasteiger partial charge >= 0.3 is 0 Å². The van der Waals surface area contributed by atoms with E-state index in [4.69, 9.17) is 5.73 Å². The Bertz CT molecular complexity index is 528. The summed E-state index contributed by atoms with van der Waals surface area (Å²) in [6.07, 6.45) is 5.51. The van der Waals surface area contributed by atoms with Crippen LogP contribution in [0.4, 0.5) is 0 Å². The maximum Gasteiger partial charge on any atom is 0.225 e. The van der Waals surface area contributed by atoms with Crippen LogP contribution >= 0.6 is 15.9 Å². The van der Waals surface area contributed by atoms with Crippen LogP contribution in [0.1, 0.15) is 38.2 Å². The molecule has 2 saturated carbocycles. The third kappa shape index (κ3) is 3.38. The van der Waals surface area contributed by atoms with E-state index < -0.39 is 0 Å². The molecular formula is C18H25BrN2O. The first kappa shape index (κ1) is 16.0. The second-order valence-corrected chi connectivity index (χ2v) is 7.93. The van der Waals surface area contributed by atoms with Crippen LogP contribution in [0.5, 0.6) is 0 Å². The number of hydrogen-bond acceptors (Lipinski definition) is 2. The molecule has 3 N–H and O–H groups in total. The number of carbonyl (C=O) groups excluding carboxylic acids is 1. The predicted octanol–water partition coefficient (Wildman–Crippen LogP) is 3.26. The minimum absolute atomic E-state index is 0.0499. The molecule has 2 aliphatic carbocycles. The normalized spacial score (nSPS) is 31.2. The summed E-state index contributed by atoms with van der Waals surface area (Å²) in [6, 6.07) is 8.66. The van der Waals surface area contributed by atoms with Crippen LogP contribution in [0.25, 0.3) is 0 Å². The van der Waals surface area contributed by atoms with Crippen molar-refractivity contribution in [2.45, 2.75) is 51.1 Å². The van der Waals surface area contributed by atoms with Crippen LogP contribution in [0.2, 0.25) is 0 Å². The highest BCUT2D eigenvalue weighted by Crippen LogP contribution is 2.47. The van der Waals surface area contributed by atoms with Gasteiger partial charge in [0, 0.05) is 16.6 Å². The third-order valence-corrected chi connectivity index (χ3v) is 5.98. The van der Waals surface area contributed by atoms with Gasteiger partial charge in [-0.3, -0.25) is 4.79 Å². The lowest BCUT2D eigenvalue weighted by Crippen LogP contribution is -2.47. The SMILES string of the molecule is CC(CCc1ccc(Br)cc1)NC(=O)C1C2CCC(C2)C1N. The smallest absolute Gasteiger partial charge is 0.225 e. The molecule has 0 aliphatic heterocycles. The van der Waals surface area contributed by atoms with Gasteiger partial charge in [-0.05, 0) is 68.6 Å². The van der Waals surface area contributed by atoms with Gasteiger partial charge in [0.1, 0.15) is 0 Å². The molecule has 2 bridgehead atoms. The van der Waals surface area contributed by atoms with Crippen LogP contribution in [0, 0.1) is 17.8 Å². The van der Waals surface area contributed by atoms with E-state index in [1.807, 2.05) is 0 Å². The zero-order valence-electron chi connectivity index (χ0n) is 13.1. The molecule has 120 valence electrons. The zero-order valence-corrected chi connectivity index (χ0v) is 14.7. The number of hydrogen-bond donors (Lipinski definition) is 2. The maximum absolute atomic E-state index is 12.5. The van der Waals surface area contributed by atoms with Crippen LogP contribution in [-0.4, -0.2) is 18.0 Å². The van der Waals surface area contributed by atoms with E-state index in [9.17, 15) is 4.79 Å². The molecule has 0 heterocycles. The number of aryl methyl sites for hydroxylation is 1. The summed E-state index contributed by atoms with van der Waals surface area (Å²) < 4.78 is 1.10. The van der Waals surface area contributed by atoms with Gasteiger partial charge in [-0.2, -0.15) is 0 Å². The van der Waals surface area contributed by atoms with E-state index in [-0.39, 0.29) is 23.9 Å². The van der Waals surface area contributed by atoms with E-state index in [0.29, 0.717) is 11.8 Å². The molecule has 1 aromatic carbocycles. The number of nitrogens with one attached hydrogen (secondary N) is 1. The first-order valence-corrected chi connectivity index (χ1v) is 9.14. The van der Waals surface area contributed by atoms with Gasteiger partial charge in [-0.25, -0.2) is 0 Å². The van der Waals surface area contributed by atoms with E-state index in [2.05, 4.69) is 52.4 Å². The first-order valence-electron chi connectivity index (χ1n) is 8.35. The molecule has 0 spiro atoms. The van der Waals surface area contributed by atoms with Crippen molar-refractivity contribution < 1.29 is 4.79 Å². The summed E-state index contributed by atoms with van der Waals surface area (Å²) in [4.78, 5) is 12.5. The lowest BCUT2D eigenvalue weighted by atomic mass is 9.84. The molecule has 5 unspecified atom stereocenters. The second kappa shape index (κ2) is 6.71. The quantitative estimate of drug-likeness (QED) is 0.842. The molecule has 5 atom stereocenters. The molecule has 3 rings (SSSR count). The van der Waals surface area contributed by atoms with Gasteiger partial charge in [0.2, 0.25) is 5.91 Å². The summed E-state index contributed by atoms with van der Waals surface area (Å²) in [6.45, 7) is 2.09. The fourth-order valence-electron chi connectivity index (χ4n) is 4.17. The van der Waals surface area contributed by atoms with Crippen molar-refractivity contribution in [2.24, 2.45) is 23.5 Å². The minimum Gasteiger partial charge on any atom is -0.353 e. The van der Waals surface area contributed by atoms with Gasteiger partial charge < -0.3 is 11.1 Å². The Labute approximate surface area is 141 Å². The van der Waals surface area contributed by atoms with Crippen molar-refractivity contribution in [3.8, 4) is 0 Å². The van der Waals surface area contributed by atoms with Crippen LogP contribution in [0.3, 0.4) is 0 Å². The van der Waals surface area contributed by atoms with Gasteiger partial charge in [-0.1, -0.05) is 28.1 Å². The molecular weight excluding hydrogens is 340 g/mol. The second-order valence-electron chi connectivity index (χ2n) is 7.01. The zero-order chi connectivity index (χ0) is 15.7. The van der Waals surface area contributed by atoms with Crippen molar-refractivity contribution in [2.75, 3.05) is 0 Å². The lowest BCUT2D eigenvalue weighted by Gasteiger charge is -2.28. The summed E-state index contributed by atoms with van der Waals surface area (Å²) >= 11 is 3.45. The number of nitrogens with two attached hydrogens (primary N) is 1. The van der Waals surface area contributed by atoms with Crippen molar-refractivity contribution >= 4 is 21.8 Å². The number of rotatable bonds is 5. The maximum atomic E-state index is 12.5. The fourth-order valence-corrected chi connectivity index (χ4v) is 4.43. The molecule has 0 radical (unpaired) electrons. The first-order chi connectivity index (χ1) is 10.5. The minimum atomic E-state index is 0.0499. The molecule has 22 heavy (non-hydrogen) atoms. The number of halogens is 1. The van der Waals surface area contributed by atoms with Crippen LogP contribution in [0.15, 0.2) is 28.7 Å². The Balaban J connectivity index is 1.48. The Kier molecular flexibility index (Phi) is 4.88. The molecule has 0 aromatic heterocycles. The summed E-state index contributed by atoms with van der Waals surface area (Å²) in [5.41, 5.74) is 7.56. The molecule has 1 aromatic rings. The summed E-state index contributed by atoms with van der Waals surface area (Å²) in [5, 5.41) is 3.19. The molecule has 0 saturated heterocycles. The number of fused-ring (bicyclic) bond motifs is 2. The standard InChI is InChI=1S/C18H25BrN2O/c1-11(2-3-12-4-8-15(19)9-5-12)21-18(22)16-13-6-7-14(10-13)17(16)20/h4-5,8-9,11,13-14,16-17H,2-3,6-7,10,20H2,1H3,(H,21,22). The van der Waals surface area contributed by atoms with E-state index in [0.717, 1.165) is 23.7 Å². The average Bonchev–Trinajstić information content (AvgIpc) is 3.07. The molecule has 2 fully saturated rings. The van der Waals surface area contributed by atoms with Crippen molar-refractivity contribution in [3.63, 3.8) is 0 Å². The Morgan fingerprint density at radius 2 is 2.00 bits per heavy atom. The molecule has 2 aliphatic rings. The van der Waals surface area contributed by atoms with E-state index in [1.165, 1.54) is 18.4 Å².